The molecular formula is C13H12N4O3S. The molecule has 8 heteroatoms. The molecule has 0 aliphatic heterocycles. The van der Waals surface area contributed by atoms with Gasteiger partial charge in [0.15, 0.2) is 0 Å². The maximum absolute atomic E-state index is 12.2. The summed E-state index contributed by atoms with van der Waals surface area (Å²) in [4.78, 5) is 7.63. The minimum Gasteiger partial charge on any atom is -0.464 e. The molecule has 108 valence electrons. The Kier molecular flexibility index (Phi) is 4.35. The SMILES string of the molecule is CCOc1ncc(NS(=O)(=O)c2ccccc2C#N)cn1. The summed E-state index contributed by atoms with van der Waals surface area (Å²) in [5, 5.41) is 8.96. The van der Waals surface area contributed by atoms with Crippen LogP contribution >= 0.6 is 0 Å². The molecule has 0 spiro atoms. The van der Waals surface area contributed by atoms with Crippen molar-refractivity contribution in [2.75, 3.05) is 11.3 Å². The van der Waals surface area contributed by atoms with Crippen LogP contribution in [0.2, 0.25) is 0 Å². The molecule has 0 saturated carbocycles. The number of benzene rings is 1. The third kappa shape index (κ3) is 3.46. The van der Waals surface area contributed by atoms with Gasteiger partial charge in [0.25, 0.3) is 10.0 Å². The Labute approximate surface area is 122 Å². The van der Waals surface area contributed by atoms with Gasteiger partial charge in [0.2, 0.25) is 0 Å². The highest BCUT2D eigenvalue weighted by Crippen LogP contribution is 2.18. The van der Waals surface area contributed by atoms with Crippen molar-refractivity contribution in [2.24, 2.45) is 0 Å². The molecule has 0 bridgehead atoms. The van der Waals surface area contributed by atoms with Gasteiger partial charge in [0, 0.05) is 0 Å². The second-order valence-electron chi connectivity index (χ2n) is 3.90. The number of ether oxygens (including phenoxy) is 1. The summed E-state index contributed by atoms with van der Waals surface area (Å²) in [6, 6.07) is 7.94. The molecule has 0 radical (unpaired) electrons. The number of hydrogen-bond donors (Lipinski definition) is 1. The monoisotopic (exact) mass is 304 g/mol. The van der Waals surface area contributed by atoms with Crippen molar-refractivity contribution in [2.45, 2.75) is 11.8 Å². The fraction of sp³-hybridized carbons (Fsp3) is 0.154. The lowest BCUT2D eigenvalue weighted by Gasteiger charge is -2.09. The van der Waals surface area contributed by atoms with E-state index in [1.165, 1.54) is 24.5 Å². The van der Waals surface area contributed by atoms with Crippen molar-refractivity contribution in [3.8, 4) is 12.1 Å². The van der Waals surface area contributed by atoms with Crippen LogP contribution in [0.25, 0.3) is 0 Å². The van der Waals surface area contributed by atoms with Crippen LogP contribution in [0.1, 0.15) is 12.5 Å². The van der Waals surface area contributed by atoms with Gasteiger partial charge in [0.1, 0.15) is 11.0 Å². The molecule has 21 heavy (non-hydrogen) atoms. The number of nitrogens with zero attached hydrogens (tertiary/aromatic N) is 3. The Morgan fingerprint density at radius 2 is 1.95 bits per heavy atom. The van der Waals surface area contributed by atoms with Crippen molar-refractivity contribution in [1.82, 2.24) is 9.97 Å². The fourth-order valence-corrected chi connectivity index (χ4v) is 2.76. The maximum Gasteiger partial charge on any atom is 0.316 e. The Morgan fingerprint density at radius 1 is 1.29 bits per heavy atom. The lowest BCUT2D eigenvalue weighted by molar-refractivity contribution is 0.312. The van der Waals surface area contributed by atoms with E-state index in [0.29, 0.717) is 6.61 Å². The summed E-state index contributed by atoms with van der Waals surface area (Å²) in [5.74, 6) is 0. The zero-order chi connectivity index (χ0) is 15.3. The van der Waals surface area contributed by atoms with Crippen molar-refractivity contribution in [3.63, 3.8) is 0 Å². The molecule has 1 aromatic carbocycles. The van der Waals surface area contributed by atoms with Gasteiger partial charge in [-0.1, -0.05) is 12.1 Å². The first-order valence-corrected chi connectivity index (χ1v) is 7.52. The first-order chi connectivity index (χ1) is 10.1. The summed E-state index contributed by atoms with van der Waals surface area (Å²) in [6.45, 7) is 2.21. The molecule has 2 aromatic rings. The van der Waals surface area contributed by atoms with Gasteiger partial charge >= 0.3 is 6.01 Å². The Bertz CT molecular complexity index is 767. The van der Waals surface area contributed by atoms with Gasteiger partial charge < -0.3 is 4.74 Å². The molecule has 0 atom stereocenters. The second kappa shape index (κ2) is 6.19. The molecule has 0 aliphatic carbocycles. The molecule has 0 unspecified atom stereocenters. The fourth-order valence-electron chi connectivity index (χ4n) is 1.58. The largest absolute Gasteiger partial charge is 0.464 e. The standard InChI is InChI=1S/C13H12N4O3S/c1-2-20-13-15-8-11(9-16-13)17-21(18,19)12-6-4-3-5-10(12)7-14/h3-6,8-9,17H,2H2,1H3. The molecule has 1 heterocycles. The Balaban J connectivity index is 2.27. The number of sulfonamides is 1. The minimum atomic E-state index is -3.87. The highest BCUT2D eigenvalue weighted by molar-refractivity contribution is 7.92. The van der Waals surface area contributed by atoms with Crippen molar-refractivity contribution in [1.29, 1.82) is 5.26 Å². The van der Waals surface area contributed by atoms with E-state index in [1.54, 1.807) is 19.1 Å². The topological polar surface area (TPSA) is 105 Å². The molecule has 1 aromatic heterocycles. The minimum absolute atomic E-state index is 0.0665. The lowest BCUT2D eigenvalue weighted by Crippen LogP contribution is -2.14. The van der Waals surface area contributed by atoms with Crippen LogP contribution in [0.4, 0.5) is 5.69 Å². The van der Waals surface area contributed by atoms with E-state index in [9.17, 15) is 8.42 Å². The molecular weight excluding hydrogens is 292 g/mol. The number of nitriles is 1. The molecule has 0 aliphatic rings. The quantitative estimate of drug-likeness (QED) is 0.898. The van der Waals surface area contributed by atoms with Gasteiger partial charge in [0.05, 0.1) is 30.3 Å². The van der Waals surface area contributed by atoms with E-state index >= 15 is 0 Å². The van der Waals surface area contributed by atoms with E-state index < -0.39 is 10.0 Å². The lowest BCUT2D eigenvalue weighted by atomic mass is 10.2. The molecule has 0 amide bonds. The first-order valence-electron chi connectivity index (χ1n) is 6.03. The Hall–Kier alpha value is -2.66. The predicted molar refractivity (Wildman–Crippen MR) is 75.2 cm³/mol. The summed E-state index contributed by atoms with van der Waals surface area (Å²) in [7, 11) is -3.87. The average molecular weight is 304 g/mol. The average Bonchev–Trinajstić information content (AvgIpc) is 2.49. The van der Waals surface area contributed by atoms with Crippen LogP contribution in [-0.4, -0.2) is 25.0 Å². The summed E-state index contributed by atoms with van der Waals surface area (Å²) in [6.07, 6.45) is 2.59. The van der Waals surface area contributed by atoms with Gasteiger partial charge in [-0.05, 0) is 19.1 Å². The number of aromatic nitrogens is 2. The molecule has 7 nitrogen and oxygen atoms in total. The van der Waals surface area contributed by atoms with Crippen LogP contribution < -0.4 is 9.46 Å². The molecule has 2 rings (SSSR count). The zero-order valence-corrected chi connectivity index (χ0v) is 12.0. The smallest absolute Gasteiger partial charge is 0.316 e. The van der Waals surface area contributed by atoms with Gasteiger partial charge in [-0.3, -0.25) is 4.72 Å². The van der Waals surface area contributed by atoms with Crippen LogP contribution in [0.3, 0.4) is 0 Å². The number of rotatable bonds is 5. The third-order valence-electron chi connectivity index (χ3n) is 2.45. The number of nitrogens with one attached hydrogen (secondary N) is 1. The molecule has 1 N–H and O–H groups in total. The van der Waals surface area contributed by atoms with E-state index in [-0.39, 0.29) is 22.2 Å². The molecule has 0 fully saturated rings. The predicted octanol–water partition coefficient (Wildman–Crippen LogP) is 1.55. The van der Waals surface area contributed by atoms with Crippen molar-refractivity contribution < 1.29 is 13.2 Å². The summed E-state index contributed by atoms with van der Waals surface area (Å²) < 4.78 is 31.9. The maximum atomic E-state index is 12.2. The third-order valence-corrected chi connectivity index (χ3v) is 3.89. The number of hydrogen-bond acceptors (Lipinski definition) is 6. The van der Waals surface area contributed by atoms with Gasteiger partial charge in [-0.25, -0.2) is 18.4 Å². The zero-order valence-electron chi connectivity index (χ0n) is 11.1. The summed E-state index contributed by atoms with van der Waals surface area (Å²) >= 11 is 0. The highest BCUT2D eigenvalue weighted by Gasteiger charge is 2.18. The van der Waals surface area contributed by atoms with Crippen LogP contribution in [0, 0.1) is 11.3 Å². The van der Waals surface area contributed by atoms with Crippen LogP contribution in [-0.2, 0) is 10.0 Å². The normalized spacial score (nSPS) is 10.7. The van der Waals surface area contributed by atoms with E-state index in [2.05, 4.69) is 14.7 Å². The van der Waals surface area contributed by atoms with Crippen molar-refractivity contribution in [3.05, 3.63) is 42.2 Å². The van der Waals surface area contributed by atoms with E-state index in [0.717, 1.165) is 0 Å². The van der Waals surface area contributed by atoms with Crippen LogP contribution in [0.15, 0.2) is 41.6 Å². The first kappa shape index (κ1) is 14.7. The number of anilines is 1. The van der Waals surface area contributed by atoms with Gasteiger partial charge in [-0.2, -0.15) is 5.26 Å². The highest BCUT2D eigenvalue weighted by atomic mass is 32.2. The summed E-state index contributed by atoms with van der Waals surface area (Å²) in [5.41, 5.74) is 0.253. The van der Waals surface area contributed by atoms with E-state index in [4.69, 9.17) is 10.00 Å². The van der Waals surface area contributed by atoms with Gasteiger partial charge in [-0.15, -0.1) is 0 Å². The molecule has 0 saturated heterocycles. The van der Waals surface area contributed by atoms with Crippen LogP contribution in [0.5, 0.6) is 6.01 Å². The second-order valence-corrected chi connectivity index (χ2v) is 5.55. The Morgan fingerprint density at radius 3 is 2.57 bits per heavy atom. The van der Waals surface area contributed by atoms with E-state index in [1.807, 2.05) is 6.07 Å². The van der Waals surface area contributed by atoms with Crippen molar-refractivity contribution >= 4 is 15.7 Å².